The van der Waals surface area contributed by atoms with Crippen LogP contribution in [-0.4, -0.2) is 24.1 Å². The van der Waals surface area contributed by atoms with Crippen molar-refractivity contribution >= 4 is 34.8 Å². The lowest BCUT2D eigenvalue weighted by atomic mass is 9.95. The zero-order chi connectivity index (χ0) is 20.4. The molecular formula is C20H15ClF3NO3. The monoisotopic (exact) mass is 409 g/mol. The van der Waals surface area contributed by atoms with Crippen molar-refractivity contribution in [2.24, 2.45) is 4.99 Å². The molecule has 0 aliphatic carbocycles. The number of carbonyl (C=O) groups excluding carboxylic acids is 2. The highest BCUT2D eigenvalue weighted by Crippen LogP contribution is 2.35. The Balaban J connectivity index is 1.88. The molecule has 0 N–H and O–H groups in total. The third-order valence-electron chi connectivity index (χ3n) is 4.25. The number of carbonyl (C=O) groups is 2. The second-order valence-electron chi connectivity index (χ2n) is 6.23. The predicted octanol–water partition coefficient (Wildman–Crippen LogP) is 4.76. The Morgan fingerprint density at radius 2 is 1.89 bits per heavy atom. The summed E-state index contributed by atoms with van der Waals surface area (Å²) in [6, 6.07) is 4.64. The number of halogens is 4. The van der Waals surface area contributed by atoms with E-state index in [1.54, 1.807) is 6.92 Å². The molecule has 4 nitrogen and oxygen atoms in total. The summed E-state index contributed by atoms with van der Waals surface area (Å²) in [7, 11) is 0. The molecular weight excluding hydrogens is 395 g/mol. The van der Waals surface area contributed by atoms with Gasteiger partial charge < -0.3 is 4.74 Å². The van der Waals surface area contributed by atoms with E-state index in [0.29, 0.717) is 5.56 Å². The highest BCUT2D eigenvalue weighted by molar-refractivity contribution is 6.30. The normalized spacial score (nSPS) is 12.5. The maximum Gasteiger partial charge on any atom is 0.311 e. The summed E-state index contributed by atoms with van der Waals surface area (Å²) in [6.45, 7) is 1.84. The maximum atomic E-state index is 14.2. The van der Waals surface area contributed by atoms with E-state index in [-0.39, 0.29) is 53.4 Å². The molecule has 0 aromatic heterocycles. The minimum atomic E-state index is -1.21. The molecule has 0 unspecified atom stereocenters. The van der Waals surface area contributed by atoms with Gasteiger partial charge in [-0.1, -0.05) is 17.7 Å². The first-order valence-corrected chi connectivity index (χ1v) is 8.88. The molecule has 1 aliphatic heterocycles. The van der Waals surface area contributed by atoms with Gasteiger partial charge in [-0.3, -0.25) is 14.6 Å². The summed E-state index contributed by atoms with van der Waals surface area (Å²) in [5.41, 5.74) is 0.630. The minimum Gasteiger partial charge on any atom is -0.466 e. The lowest BCUT2D eigenvalue weighted by Crippen LogP contribution is -2.13. The van der Waals surface area contributed by atoms with Crippen LogP contribution in [0.2, 0.25) is 5.02 Å². The van der Waals surface area contributed by atoms with Gasteiger partial charge in [-0.15, -0.1) is 0 Å². The first-order chi connectivity index (χ1) is 13.3. The van der Waals surface area contributed by atoms with E-state index >= 15 is 0 Å². The van der Waals surface area contributed by atoms with Gasteiger partial charge >= 0.3 is 5.97 Å². The van der Waals surface area contributed by atoms with Gasteiger partial charge in [0, 0.05) is 24.1 Å². The second-order valence-corrected chi connectivity index (χ2v) is 6.64. The minimum absolute atomic E-state index is 0.0306. The van der Waals surface area contributed by atoms with Crippen molar-refractivity contribution in [3.05, 3.63) is 63.4 Å². The summed E-state index contributed by atoms with van der Waals surface area (Å²) in [5.74, 6) is -4.03. The van der Waals surface area contributed by atoms with Crippen molar-refractivity contribution in [1.82, 2.24) is 0 Å². The molecule has 28 heavy (non-hydrogen) atoms. The Kier molecular flexibility index (Phi) is 5.84. The average Bonchev–Trinajstić information content (AvgIpc) is 3.05. The molecule has 8 heteroatoms. The largest absolute Gasteiger partial charge is 0.466 e. The van der Waals surface area contributed by atoms with Crippen molar-refractivity contribution in [2.45, 2.75) is 26.2 Å². The van der Waals surface area contributed by atoms with Crippen LogP contribution in [0.15, 0.2) is 29.3 Å². The zero-order valence-electron chi connectivity index (χ0n) is 14.8. The number of benzene rings is 2. The van der Waals surface area contributed by atoms with Crippen molar-refractivity contribution in [1.29, 1.82) is 0 Å². The van der Waals surface area contributed by atoms with E-state index in [1.807, 2.05) is 0 Å². The van der Waals surface area contributed by atoms with Gasteiger partial charge in [-0.2, -0.15) is 0 Å². The van der Waals surface area contributed by atoms with Crippen molar-refractivity contribution < 1.29 is 27.5 Å². The molecule has 2 aromatic rings. The Bertz CT molecular complexity index is 1000. The summed E-state index contributed by atoms with van der Waals surface area (Å²) in [6.07, 6.45) is -0.313. The average molecular weight is 410 g/mol. The molecule has 0 radical (unpaired) electrons. The van der Waals surface area contributed by atoms with E-state index in [2.05, 4.69) is 4.99 Å². The van der Waals surface area contributed by atoms with Crippen LogP contribution in [0.3, 0.4) is 0 Å². The molecule has 1 heterocycles. The molecule has 0 amide bonds. The summed E-state index contributed by atoms with van der Waals surface area (Å²) in [5, 5.41) is -0.138. The van der Waals surface area contributed by atoms with Crippen LogP contribution in [-0.2, 0) is 22.4 Å². The van der Waals surface area contributed by atoms with Gasteiger partial charge in [0.2, 0.25) is 0 Å². The van der Waals surface area contributed by atoms with Gasteiger partial charge in [-0.05, 0) is 36.2 Å². The maximum absolute atomic E-state index is 14.2. The van der Waals surface area contributed by atoms with E-state index in [0.717, 1.165) is 12.1 Å². The van der Waals surface area contributed by atoms with Crippen LogP contribution in [0.1, 0.15) is 34.8 Å². The SMILES string of the molecule is CCOC(=O)CC1=Nc2c(F)c(F)cc(C(=O)Cc3ccc(F)c(Cl)c3)c2C1. The molecule has 1 aliphatic rings. The summed E-state index contributed by atoms with van der Waals surface area (Å²) >= 11 is 5.72. The van der Waals surface area contributed by atoms with E-state index < -0.39 is 29.2 Å². The van der Waals surface area contributed by atoms with Crippen molar-refractivity contribution in [3.8, 4) is 0 Å². The number of ether oxygens (including phenoxy) is 1. The lowest BCUT2D eigenvalue weighted by Gasteiger charge is -2.09. The number of Topliss-reactive ketones (excluding diaryl/α,β-unsaturated/α-hetero) is 1. The van der Waals surface area contributed by atoms with Gasteiger partial charge in [0.05, 0.1) is 18.1 Å². The van der Waals surface area contributed by atoms with Crippen molar-refractivity contribution in [2.75, 3.05) is 6.61 Å². The molecule has 0 atom stereocenters. The zero-order valence-corrected chi connectivity index (χ0v) is 15.6. The van der Waals surface area contributed by atoms with Gasteiger partial charge in [0.25, 0.3) is 0 Å². The number of rotatable bonds is 6. The highest BCUT2D eigenvalue weighted by Gasteiger charge is 2.28. The number of esters is 1. The fraction of sp³-hybridized carbons (Fsp3) is 0.250. The molecule has 146 valence electrons. The quantitative estimate of drug-likeness (QED) is 0.510. The molecule has 0 bridgehead atoms. The van der Waals surface area contributed by atoms with Gasteiger partial charge in [-0.25, -0.2) is 13.2 Å². The van der Waals surface area contributed by atoms with Crippen LogP contribution in [0, 0.1) is 17.5 Å². The van der Waals surface area contributed by atoms with Gasteiger partial charge in [0.1, 0.15) is 11.5 Å². The van der Waals surface area contributed by atoms with E-state index in [9.17, 15) is 22.8 Å². The first kappa shape index (κ1) is 20.1. The van der Waals surface area contributed by atoms with E-state index in [4.69, 9.17) is 16.3 Å². The first-order valence-electron chi connectivity index (χ1n) is 8.50. The van der Waals surface area contributed by atoms with Crippen LogP contribution in [0.25, 0.3) is 0 Å². The second kappa shape index (κ2) is 8.14. The molecule has 0 saturated carbocycles. The summed E-state index contributed by atoms with van der Waals surface area (Å²) in [4.78, 5) is 28.3. The number of ketones is 1. The van der Waals surface area contributed by atoms with Crippen molar-refractivity contribution in [3.63, 3.8) is 0 Å². The van der Waals surface area contributed by atoms with Crippen LogP contribution in [0.4, 0.5) is 18.9 Å². The molecule has 3 rings (SSSR count). The fourth-order valence-electron chi connectivity index (χ4n) is 3.01. The molecule has 0 fully saturated rings. The highest BCUT2D eigenvalue weighted by atomic mass is 35.5. The smallest absolute Gasteiger partial charge is 0.311 e. The Labute approximate surface area is 164 Å². The number of hydrogen-bond donors (Lipinski definition) is 0. The Morgan fingerprint density at radius 3 is 2.57 bits per heavy atom. The standard InChI is InChI=1S/C20H15ClF3NO3/c1-2-28-18(27)8-11-7-13-12(9-16(23)19(24)20(13)25-11)17(26)6-10-3-4-15(22)14(21)5-10/h3-5,9H,2,6-8H2,1H3. The Hall–Kier alpha value is -2.67. The molecule has 0 spiro atoms. The predicted molar refractivity (Wildman–Crippen MR) is 97.9 cm³/mol. The lowest BCUT2D eigenvalue weighted by molar-refractivity contribution is -0.141. The molecule has 0 saturated heterocycles. The van der Waals surface area contributed by atoms with Gasteiger partial charge in [0.15, 0.2) is 17.4 Å². The number of nitrogens with zero attached hydrogens (tertiary/aromatic N) is 1. The number of hydrogen-bond acceptors (Lipinski definition) is 4. The number of fused-ring (bicyclic) bond motifs is 1. The Morgan fingerprint density at radius 1 is 1.14 bits per heavy atom. The third-order valence-corrected chi connectivity index (χ3v) is 4.54. The third kappa shape index (κ3) is 4.09. The number of aliphatic imine (C=N–C) groups is 1. The van der Waals surface area contributed by atoms with Crippen LogP contribution >= 0.6 is 11.6 Å². The summed E-state index contributed by atoms with van der Waals surface area (Å²) < 4.78 is 46.3. The fourth-order valence-corrected chi connectivity index (χ4v) is 3.21. The van der Waals surface area contributed by atoms with Crippen LogP contribution in [0.5, 0.6) is 0 Å². The van der Waals surface area contributed by atoms with Crippen LogP contribution < -0.4 is 0 Å². The van der Waals surface area contributed by atoms with E-state index in [1.165, 1.54) is 12.1 Å². The molecule has 2 aromatic carbocycles. The topological polar surface area (TPSA) is 55.7 Å².